The Bertz CT molecular complexity index is 711. The topological polar surface area (TPSA) is 66.1 Å². The number of H-pyrrole nitrogens is 1. The van der Waals surface area contributed by atoms with Gasteiger partial charge in [-0.25, -0.2) is 8.42 Å². The molecule has 2 aromatic heterocycles. The molecule has 0 fully saturated rings. The molecule has 20 heavy (non-hydrogen) atoms. The predicted octanol–water partition coefficient (Wildman–Crippen LogP) is 3.10. The van der Waals surface area contributed by atoms with Crippen LogP contribution in [0, 0.1) is 6.92 Å². The molecule has 0 radical (unpaired) electrons. The average molecular weight is 399 g/mol. The molecule has 0 saturated heterocycles. The Morgan fingerprint density at radius 3 is 2.80 bits per heavy atom. The average Bonchev–Trinajstić information content (AvgIpc) is 2.95. The second-order valence-corrected chi connectivity index (χ2v) is 8.41. The van der Waals surface area contributed by atoms with Gasteiger partial charge in [0.2, 0.25) is 10.0 Å². The van der Waals surface area contributed by atoms with Crippen molar-refractivity contribution in [2.75, 3.05) is 7.05 Å². The number of hydrogen-bond donors (Lipinski definition) is 1. The van der Waals surface area contributed by atoms with Gasteiger partial charge in [-0.2, -0.15) is 9.40 Å². The van der Waals surface area contributed by atoms with Gasteiger partial charge in [0.1, 0.15) is 4.90 Å². The van der Waals surface area contributed by atoms with Crippen molar-refractivity contribution >= 4 is 48.9 Å². The lowest BCUT2D eigenvalue weighted by Crippen LogP contribution is -2.27. The van der Waals surface area contributed by atoms with Crippen molar-refractivity contribution in [3.8, 4) is 0 Å². The summed E-state index contributed by atoms with van der Waals surface area (Å²) in [5.41, 5.74) is 0.850. The van der Waals surface area contributed by atoms with E-state index < -0.39 is 10.0 Å². The summed E-state index contributed by atoms with van der Waals surface area (Å²) in [6.07, 6.45) is 0. The fourth-order valence-corrected chi connectivity index (χ4v) is 5.13. The van der Waals surface area contributed by atoms with Crippen LogP contribution in [0.2, 0.25) is 0 Å². The van der Waals surface area contributed by atoms with Crippen molar-refractivity contribution in [3.63, 3.8) is 0 Å². The molecule has 1 N–H and O–H groups in total. The number of sulfonamides is 1. The lowest BCUT2D eigenvalue weighted by atomic mass is 10.4. The minimum atomic E-state index is -3.61. The van der Waals surface area contributed by atoms with Crippen molar-refractivity contribution in [2.24, 2.45) is 0 Å². The maximum absolute atomic E-state index is 12.6. The highest BCUT2D eigenvalue weighted by molar-refractivity contribution is 9.10. The third kappa shape index (κ3) is 3.09. The molecule has 0 aliphatic heterocycles. The Kier molecular flexibility index (Phi) is 4.91. The number of aromatic nitrogens is 2. The number of nitrogens with zero attached hydrogens (tertiary/aromatic N) is 2. The Hall–Kier alpha value is -0.410. The molecule has 110 valence electrons. The highest BCUT2D eigenvalue weighted by atomic mass is 79.9. The van der Waals surface area contributed by atoms with Gasteiger partial charge in [0.25, 0.3) is 0 Å². The maximum Gasteiger partial charge on any atom is 0.246 e. The molecule has 0 aromatic carbocycles. The van der Waals surface area contributed by atoms with Crippen molar-refractivity contribution in [3.05, 3.63) is 32.2 Å². The van der Waals surface area contributed by atoms with Crippen LogP contribution in [0.3, 0.4) is 0 Å². The first kappa shape index (κ1) is 16.0. The van der Waals surface area contributed by atoms with Crippen LogP contribution in [0.25, 0.3) is 0 Å². The van der Waals surface area contributed by atoms with Gasteiger partial charge in [0, 0.05) is 28.3 Å². The lowest BCUT2D eigenvalue weighted by Gasteiger charge is -2.16. The highest BCUT2D eigenvalue weighted by Crippen LogP contribution is 2.26. The number of aryl methyl sites for hydroxylation is 1. The molecule has 2 heterocycles. The number of alkyl halides is 1. The minimum absolute atomic E-state index is 0.0529. The summed E-state index contributed by atoms with van der Waals surface area (Å²) >= 11 is 10.6. The fraction of sp³-hybridized carbons (Fsp3) is 0.364. The number of thiophene rings is 1. The van der Waals surface area contributed by atoms with Crippen molar-refractivity contribution in [1.29, 1.82) is 0 Å². The van der Waals surface area contributed by atoms with Crippen LogP contribution in [0.4, 0.5) is 0 Å². The quantitative estimate of drug-likeness (QED) is 0.787. The van der Waals surface area contributed by atoms with Gasteiger partial charge in [0.15, 0.2) is 0 Å². The van der Waals surface area contributed by atoms with Crippen LogP contribution in [-0.4, -0.2) is 30.0 Å². The summed E-state index contributed by atoms with van der Waals surface area (Å²) in [6, 6.07) is 1.90. The van der Waals surface area contributed by atoms with E-state index >= 15 is 0 Å². The summed E-state index contributed by atoms with van der Waals surface area (Å²) < 4.78 is 27.5. The highest BCUT2D eigenvalue weighted by Gasteiger charge is 2.28. The van der Waals surface area contributed by atoms with E-state index in [1.54, 1.807) is 14.0 Å². The van der Waals surface area contributed by atoms with Gasteiger partial charge in [0.05, 0.1) is 17.3 Å². The summed E-state index contributed by atoms with van der Waals surface area (Å²) in [7, 11) is -2.06. The standard InChI is InChI=1S/C11H13BrClN3O2S2/c1-7-11(10(4-13)15-14-7)20(17,18)16(2)5-9-3-8(12)6-19-9/h3,6H,4-5H2,1-2H3,(H,14,15). The molecule has 0 aliphatic carbocycles. The zero-order valence-electron chi connectivity index (χ0n) is 10.9. The van der Waals surface area contributed by atoms with Gasteiger partial charge >= 0.3 is 0 Å². The molecular formula is C11H13BrClN3O2S2. The second kappa shape index (κ2) is 6.15. The number of aromatic amines is 1. The van der Waals surface area contributed by atoms with E-state index in [0.717, 1.165) is 9.35 Å². The predicted molar refractivity (Wildman–Crippen MR) is 83.6 cm³/mol. The zero-order chi connectivity index (χ0) is 14.9. The lowest BCUT2D eigenvalue weighted by molar-refractivity contribution is 0.468. The number of nitrogens with one attached hydrogen (secondary N) is 1. The van der Waals surface area contributed by atoms with E-state index in [1.165, 1.54) is 15.6 Å². The molecular weight excluding hydrogens is 386 g/mol. The third-order valence-corrected chi connectivity index (χ3v) is 6.70. The molecule has 0 bridgehead atoms. The van der Waals surface area contributed by atoms with Crippen LogP contribution in [-0.2, 0) is 22.4 Å². The number of halogens is 2. The third-order valence-electron chi connectivity index (χ3n) is 2.76. The Morgan fingerprint density at radius 1 is 1.55 bits per heavy atom. The van der Waals surface area contributed by atoms with Crippen LogP contribution in [0.5, 0.6) is 0 Å². The fourth-order valence-electron chi connectivity index (χ4n) is 1.80. The Labute approximate surface area is 135 Å². The van der Waals surface area contributed by atoms with E-state index in [2.05, 4.69) is 26.1 Å². The molecule has 2 rings (SSSR count). The summed E-state index contributed by atoms with van der Waals surface area (Å²) in [5.74, 6) is 0.0529. The van der Waals surface area contributed by atoms with Crippen molar-refractivity contribution in [2.45, 2.75) is 24.2 Å². The summed E-state index contributed by atoms with van der Waals surface area (Å²) in [5, 5.41) is 8.52. The molecule has 0 spiro atoms. The van der Waals surface area contributed by atoms with Crippen LogP contribution < -0.4 is 0 Å². The smallest absolute Gasteiger partial charge is 0.246 e. The van der Waals surface area contributed by atoms with E-state index in [-0.39, 0.29) is 10.8 Å². The molecule has 2 aromatic rings. The van der Waals surface area contributed by atoms with Gasteiger partial charge in [-0.1, -0.05) is 0 Å². The molecule has 0 atom stereocenters. The SMILES string of the molecule is Cc1[nH]nc(CCl)c1S(=O)(=O)N(C)Cc1cc(Br)cs1. The first-order chi connectivity index (χ1) is 9.36. The zero-order valence-corrected chi connectivity index (χ0v) is 14.8. The van der Waals surface area contributed by atoms with Crippen molar-refractivity contribution in [1.82, 2.24) is 14.5 Å². The monoisotopic (exact) mass is 397 g/mol. The molecule has 0 amide bonds. The second-order valence-electron chi connectivity index (χ2n) is 4.25. The summed E-state index contributed by atoms with van der Waals surface area (Å²) in [4.78, 5) is 1.13. The van der Waals surface area contributed by atoms with E-state index in [0.29, 0.717) is 17.9 Å². The van der Waals surface area contributed by atoms with E-state index in [4.69, 9.17) is 11.6 Å². The maximum atomic E-state index is 12.6. The van der Waals surface area contributed by atoms with Gasteiger partial charge in [-0.05, 0) is 28.9 Å². The first-order valence-corrected chi connectivity index (χ1v) is 9.30. The molecule has 0 unspecified atom stereocenters. The largest absolute Gasteiger partial charge is 0.281 e. The van der Waals surface area contributed by atoms with Gasteiger partial charge in [-0.15, -0.1) is 22.9 Å². The van der Waals surface area contributed by atoms with E-state index in [1.807, 2.05) is 11.4 Å². The summed E-state index contributed by atoms with van der Waals surface area (Å²) in [6.45, 7) is 1.98. The van der Waals surface area contributed by atoms with Gasteiger partial charge < -0.3 is 0 Å². The molecule has 0 saturated carbocycles. The number of hydrogen-bond acceptors (Lipinski definition) is 4. The normalized spacial score (nSPS) is 12.2. The van der Waals surface area contributed by atoms with Gasteiger partial charge in [-0.3, -0.25) is 5.10 Å². The Morgan fingerprint density at radius 2 is 2.25 bits per heavy atom. The van der Waals surface area contributed by atoms with Crippen molar-refractivity contribution < 1.29 is 8.42 Å². The molecule has 0 aliphatic rings. The van der Waals surface area contributed by atoms with E-state index in [9.17, 15) is 8.42 Å². The number of rotatable bonds is 5. The molecule has 5 nitrogen and oxygen atoms in total. The first-order valence-electron chi connectivity index (χ1n) is 5.65. The molecule has 9 heteroatoms. The van der Waals surface area contributed by atoms with Crippen LogP contribution in [0.15, 0.2) is 20.8 Å². The minimum Gasteiger partial charge on any atom is -0.281 e. The Balaban J connectivity index is 2.32. The van der Waals surface area contributed by atoms with Crippen LogP contribution >= 0.6 is 38.9 Å². The van der Waals surface area contributed by atoms with Crippen LogP contribution in [0.1, 0.15) is 16.3 Å².